The molecule has 1 rings (SSSR count). The SMILES string of the molecule is CN(C)CCN1C(=O)CC[C@H](N)C1=O. The van der Waals surface area contributed by atoms with Crippen molar-refractivity contribution in [3.8, 4) is 0 Å². The summed E-state index contributed by atoms with van der Waals surface area (Å²) >= 11 is 0. The van der Waals surface area contributed by atoms with E-state index in [-0.39, 0.29) is 11.8 Å². The normalized spacial score (nSPS) is 23.4. The zero-order valence-electron chi connectivity index (χ0n) is 8.69. The number of carbonyl (C=O) groups excluding carboxylic acids is 2. The average Bonchev–Trinajstić information content (AvgIpc) is 2.11. The van der Waals surface area contributed by atoms with E-state index in [9.17, 15) is 9.59 Å². The second kappa shape index (κ2) is 4.52. The van der Waals surface area contributed by atoms with Crippen molar-refractivity contribution in [1.82, 2.24) is 9.80 Å². The third-order valence-corrected chi connectivity index (χ3v) is 2.32. The fraction of sp³-hybridized carbons (Fsp3) is 0.778. The number of piperidine rings is 1. The molecule has 14 heavy (non-hydrogen) atoms. The topological polar surface area (TPSA) is 66.6 Å². The van der Waals surface area contributed by atoms with Crippen LogP contribution in [-0.2, 0) is 9.59 Å². The van der Waals surface area contributed by atoms with Crippen molar-refractivity contribution in [2.75, 3.05) is 27.2 Å². The Balaban J connectivity index is 2.54. The summed E-state index contributed by atoms with van der Waals surface area (Å²) in [5.41, 5.74) is 5.58. The van der Waals surface area contributed by atoms with E-state index in [1.54, 1.807) is 0 Å². The van der Waals surface area contributed by atoms with Crippen LogP contribution in [-0.4, -0.2) is 54.8 Å². The first-order chi connectivity index (χ1) is 6.52. The van der Waals surface area contributed by atoms with E-state index in [0.717, 1.165) is 0 Å². The van der Waals surface area contributed by atoms with Gasteiger partial charge in [0, 0.05) is 19.5 Å². The van der Waals surface area contributed by atoms with Gasteiger partial charge in [-0.05, 0) is 20.5 Å². The van der Waals surface area contributed by atoms with Gasteiger partial charge in [0.2, 0.25) is 11.8 Å². The molecular formula is C9H17N3O2. The van der Waals surface area contributed by atoms with Crippen LogP contribution in [0.5, 0.6) is 0 Å². The molecule has 0 unspecified atom stereocenters. The number of imide groups is 1. The Morgan fingerprint density at radius 2 is 2.14 bits per heavy atom. The minimum absolute atomic E-state index is 0.0986. The zero-order chi connectivity index (χ0) is 10.7. The summed E-state index contributed by atoms with van der Waals surface area (Å²) in [6, 6.07) is -0.491. The number of rotatable bonds is 3. The zero-order valence-corrected chi connectivity index (χ0v) is 8.69. The highest BCUT2D eigenvalue weighted by Gasteiger charge is 2.31. The van der Waals surface area contributed by atoms with Crippen LogP contribution in [0.1, 0.15) is 12.8 Å². The lowest BCUT2D eigenvalue weighted by Gasteiger charge is -2.29. The van der Waals surface area contributed by atoms with Gasteiger partial charge in [-0.2, -0.15) is 0 Å². The van der Waals surface area contributed by atoms with Crippen LogP contribution in [0.4, 0.5) is 0 Å². The molecule has 1 aliphatic rings. The fourth-order valence-corrected chi connectivity index (χ4v) is 1.40. The third-order valence-electron chi connectivity index (χ3n) is 2.32. The molecule has 2 amide bonds. The number of amides is 2. The molecule has 5 heteroatoms. The van der Waals surface area contributed by atoms with Gasteiger partial charge in [-0.25, -0.2) is 0 Å². The third kappa shape index (κ3) is 2.52. The molecular weight excluding hydrogens is 182 g/mol. The second-order valence-electron chi connectivity index (χ2n) is 3.83. The minimum Gasteiger partial charge on any atom is -0.320 e. The minimum atomic E-state index is -0.491. The Hall–Kier alpha value is -0.940. The van der Waals surface area contributed by atoms with Crippen molar-refractivity contribution in [1.29, 1.82) is 0 Å². The van der Waals surface area contributed by atoms with E-state index < -0.39 is 6.04 Å². The van der Waals surface area contributed by atoms with Crippen LogP contribution in [0.15, 0.2) is 0 Å². The standard InChI is InChI=1S/C9H17N3O2/c1-11(2)5-6-12-8(13)4-3-7(10)9(12)14/h7H,3-6,10H2,1-2H3/t7-/m0/s1. The number of hydrogen-bond acceptors (Lipinski definition) is 4. The van der Waals surface area contributed by atoms with Crippen molar-refractivity contribution in [2.24, 2.45) is 5.73 Å². The van der Waals surface area contributed by atoms with Gasteiger partial charge < -0.3 is 10.6 Å². The van der Waals surface area contributed by atoms with Gasteiger partial charge in [-0.3, -0.25) is 14.5 Å². The highest BCUT2D eigenvalue weighted by Crippen LogP contribution is 2.10. The summed E-state index contributed by atoms with van der Waals surface area (Å²) in [5, 5.41) is 0. The maximum absolute atomic E-state index is 11.5. The summed E-state index contributed by atoms with van der Waals surface area (Å²) in [6.07, 6.45) is 0.871. The van der Waals surface area contributed by atoms with Gasteiger partial charge in [0.25, 0.3) is 0 Å². The lowest BCUT2D eigenvalue weighted by molar-refractivity contribution is -0.149. The van der Waals surface area contributed by atoms with Crippen LogP contribution in [0.25, 0.3) is 0 Å². The molecule has 1 aliphatic heterocycles. The Bertz CT molecular complexity index is 240. The number of nitrogens with zero attached hydrogens (tertiary/aromatic N) is 2. The number of hydrogen-bond donors (Lipinski definition) is 1. The highest BCUT2D eigenvalue weighted by atomic mass is 16.2. The molecule has 1 fully saturated rings. The lowest BCUT2D eigenvalue weighted by atomic mass is 10.1. The molecule has 0 bridgehead atoms. The van der Waals surface area contributed by atoms with Crippen molar-refractivity contribution in [3.05, 3.63) is 0 Å². The Labute approximate surface area is 83.8 Å². The summed E-state index contributed by atoms with van der Waals surface area (Å²) in [4.78, 5) is 26.1. The number of nitrogens with two attached hydrogens (primary N) is 1. The largest absolute Gasteiger partial charge is 0.320 e. The van der Waals surface area contributed by atoms with Crippen LogP contribution >= 0.6 is 0 Å². The molecule has 0 aliphatic carbocycles. The van der Waals surface area contributed by atoms with Crippen LogP contribution in [0.3, 0.4) is 0 Å². The average molecular weight is 199 g/mol. The quantitative estimate of drug-likeness (QED) is 0.594. The first-order valence-corrected chi connectivity index (χ1v) is 4.77. The summed E-state index contributed by atoms with van der Waals surface area (Å²) in [5.74, 6) is -0.332. The predicted octanol–water partition coefficient (Wildman–Crippen LogP) is -0.976. The van der Waals surface area contributed by atoms with Gasteiger partial charge in [-0.15, -0.1) is 0 Å². The molecule has 1 atom stereocenters. The van der Waals surface area contributed by atoms with Crippen LogP contribution in [0, 0.1) is 0 Å². The van der Waals surface area contributed by atoms with Crippen molar-refractivity contribution in [3.63, 3.8) is 0 Å². The van der Waals surface area contributed by atoms with Gasteiger partial charge in [0.05, 0.1) is 6.04 Å². The highest BCUT2D eigenvalue weighted by molar-refractivity contribution is 6.00. The summed E-state index contributed by atoms with van der Waals surface area (Å²) in [7, 11) is 3.80. The maximum atomic E-state index is 11.5. The van der Waals surface area contributed by atoms with Gasteiger partial charge in [-0.1, -0.05) is 0 Å². The predicted molar refractivity (Wildman–Crippen MR) is 52.5 cm³/mol. The molecule has 80 valence electrons. The second-order valence-corrected chi connectivity index (χ2v) is 3.83. The molecule has 0 saturated carbocycles. The first kappa shape index (κ1) is 11.1. The molecule has 1 saturated heterocycles. The molecule has 1 heterocycles. The molecule has 0 aromatic heterocycles. The van der Waals surface area contributed by atoms with Gasteiger partial charge >= 0.3 is 0 Å². The van der Waals surface area contributed by atoms with E-state index >= 15 is 0 Å². The summed E-state index contributed by atoms with van der Waals surface area (Å²) < 4.78 is 0. The first-order valence-electron chi connectivity index (χ1n) is 4.77. The van der Waals surface area contributed by atoms with E-state index in [4.69, 9.17) is 5.73 Å². The van der Waals surface area contributed by atoms with Crippen LogP contribution in [0.2, 0.25) is 0 Å². The van der Waals surface area contributed by atoms with Crippen molar-refractivity contribution < 1.29 is 9.59 Å². The Morgan fingerprint density at radius 1 is 1.50 bits per heavy atom. The van der Waals surface area contributed by atoms with Crippen molar-refractivity contribution >= 4 is 11.8 Å². The van der Waals surface area contributed by atoms with Gasteiger partial charge in [0.1, 0.15) is 0 Å². The Kier molecular flexibility index (Phi) is 3.60. The molecule has 0 spiro atoms. The molecule has 2 N–H and O–H groups in total. The van der Waals surface area contributed by atoms with Crippen LogP contribution < -0.4 is 5.73 Å². The van der Waals surface area contributed by atoms with E-state index in [0.29, 0.717) is 25.9 Å². The van der Waals surface area contributed by atoms with Gasteiger partial charge in [0.15, 0.2) is 0 Å². The van der Waals surface area contributed by atoms with E-state index in [1.165, 1.54) is 4.90 Å². The molecule has 0 aromatic rings. The number of likely N-dealkylation sites (tertiary alicyclic amines) is 1. The summed E-state index contributed by atoms with van der Waals surface area (Å²) in [6.45, 7) is 1.13. The number of carbonyl (C=O) groups is 2. The Morgan fingerprint density at radius 3 is 2.71 bits per heavy atom. The lowest BCUT2D eigenvalue weighted by Crippen LogP contribution is -2.52. The van der Waals surface area contributed by atoms with E-state index in [1.807, 2.05) is 19.0 Å². The monoisotopic (exact) mass is 199 g/mol. The molecule has 0 radical (unpaired) electrons. The van der Waals surface area contributed by atoms with Crippen molar-refractivity contribution in [2.45, 2.75) is 18.9 Å². The fourth-order valence-electron chi connectivity index (χ4n) is 1.40. The smallest absolute Gasteiger partial charge is 0.246 e. The molecule has 0 aromatic carbocycles. The number of likely N-dealkylation sites (N-methyl/N-ethyl adjacent to an activating group) is 1. The van der Waals surface area contributed by atoms with E-state index in [2.05, 4.69) is 0 Å². The molecule has 5 nitrogen and oxygen atoms in total. The maximum Gasteiger partial charge on any atom is 0.246 e.